The molecular weight excluding hydrogens is 290 g/mol. The maximum Gasteiger partial charge on any atom is 0.134 e. The van der Waals surface area contributed by atoms with Gasteiger partial charge in [-0.15, -0.1) is 0 Å². The second-order valence-corrected chi connectivity index (χ2v) is 5.30. The summed E-state index contributed by atoms with van der Waals surface area (Å²) in [6.45, 7) is 5.30. The van der Waals surface area contributed by atoms with Crippen LogP contribution in [0, 0.1) is 0 Å². The van der Waals surface area contributed by atoms with Crippen LogP contribution in [-0.2, 0) is 0 Å². The van der Waals surface area contributed by atoms with Crippen LogP contribution in [0.15, 0.2) is 45.3 Å². The van der Waals surface area contributed by atoms with E-state index in [0.29, 0.717) is 0 Å². The zero-order valence-corrected chi connectivity index (χ0v) is 12.3. The lowest BCUT2D eigenvalue weighted by Crippen LogP contribution is -2.18. The van der Waals surface area contributed by atoms with Crippen molar-refractivity contribution in [3.63, 3.8) is 0 Å². The van der Waals surface area contributed by atoms with E-state index in [2.05, 4.69) is 47.2 Å². The monoisotopic (exact) mass is 307 g/mol. The molecule has 0 saturated heterocycles. The Hall–Kier alpha value is -1.06. The van der Waals surface area contributed by atoms with E-state index in [0.717, 1.165) is 34.5 Å². The smallest absolute Gasteiger partial charge is 0.134 e. The summed E-state index contributed by atoms with van der Waals surface area (Å²) in [5.74, 6) is 1.91. The Labute approximate surface area is 117 Å². The molecular formula is C15H18BrNO. The van der Waals surface area contributed by atoms with E-state index in [9.17, 15) is 0 Å². The summed E-state index contributed by atoms with van der Waals surface area (Å²) in [5.41, 5.74) is 1.10. The Balaban J connectivity index is 2.12. The topological polar surface area (TPSA) is 25.2 Å². The third-order valence-electron chi connectivity index (χ3n) is 2.88. The van der Waals surface area contributed by atoms with E-state index in [-0.39, 0.29) is 6.04 Å². The lowest BCUT2D eigenvalue weighted by atomic mass is 10.2. The van der Waals surface area contributed by atoms with Gasteiger partial charge in [-0.05, 0) is 44.2 Å². The van der Waals surface area contributed by atoms with Crippen LogP contribution < -0.4 is 5.32 Å². The highest BCUT2D eigenvalue weighted by Crippen LogP contribution is 2.26. The zero-order chi connectivity index (χ0) is 13.0. The van der Waals surface area contributed by atoms with Gasteiger partial charge in [0.25, 0.3) is 0 Å². The Morgan fingerprint density at radius 1 is 1.17 bits per heavy atom. The van der Waals surface area contributed by atoms with E-state index in [4.69, 9.17) is 4.42 Å². The van der Waals surface area contributed by atoms with Crippen molar-refractivity contribution in [2.24, 2.45) is 0 Å². The minimum Gasteiger partial charge on any atom is -0.459 e. The largest absolute Gasteiger partial charge is 0.459 e. The van der Waals surface area contributed by atoms with Crippen molar-refractivity contribution in [2.45, 2.75) is 26.3 Å². The molecule has 2 aromatic rings. The molecule has 0 fully saturated rings. The molecule has 2 nitrogen and oxygen atoms in total. The van der Waals surface area contributed by atoms with E-state index >= 15 is 0 Å². The Morgan fingerprint density at radius 3 is 2.56 bits per heavy atom. The quantitative estimate of drug-likeness (QED) is 0.860. The lowest BCUT2D eigenvalue weighted by molar-refractivity contribution is 0.439. The molecule has 0 bridgehead atoms. The van der Waals surface area contributed by atoms with Crippen LogP contribution in [0.4, 0.5) is 0 Å². The molecule has 0 amide bonds. The van der Waals surface area contributed by atoms with Crippen molar-refractivity contribution in [1.82, 2.24) is 5.32 Å². The van der Waals surface area contributed by atoms with Crippen LogP contribution in [0.3, 0.4) is 0 Å². The fourth-order valence-electron chi connectivity index (χ4n) is 1.82. The molecule has 2 rings (SSSR count). The van der Waals surface area contributed by atoms with Crippen LogP contribution in [0.5, 0.6) is 0 Å². The van der Waals surface area contributed by atoms with Gasteiger partial charge >= 0.3 is 0 Å². The molecule has 0 aliphatic heterocycles. The van der Waals surface area contributed by atoms with Crippen molar-refractivity contribution < 1.29 is 4.42 Å². The van der Waals surface area contributed by atoms with Crippen LogP contribution >= 0.6 is 15.9 Å². The van der Waals surface area contributed by atoms with Gasteiger partial charge in [0.05, 0.1) is 6.04 Å². The molecule has 1 aromatic heterocycles. The Bertz CT molecular complexity index is 489. The van der Waals surface area contributed by atoms with Crippen molar-refractivity contribution in [3.05, 3.63) is 46.6 Å². The molecule has 1 aromatic carbocycles. The van der Waals surface area contributed by atoms with E-state index in [1.54, 1.807) is 0 Å². The summed E-state index contributed by atoms with van der Waals surface area (Å²) >= 11 is 3.43. The minimum absolute atomic E-state index is 0.258. The van der Waals surface area contributed by atoms with Crippen molar-refractivity contribution in [1.29, 1.82) is 0 Å². The van der Waals surface area contributed by atoms with Crippen LogP contribution in [0.1, 0.15) is 32.1 Å². The maximum atomic E-state index is 5.89. The summed E-state index contributed by atoms with van der Waals surface area (Å²) in [5, 5.41) is 3.42. The van der Waals surface area contributed by atoms with Gasteiger partial charge in [0.15, 0.2) is 0 Å². The number of hydrogen-bond acceptors (Lipinski definition) is 2. The summed E-state index contributed by atoms with van der Waals surface area (Å²) in [7, 11) is 0. The van der Waals surface area contributed by atoms with Gasteiger partial charge in [-0.1, -0.05) is 35.0 Å². The normalized spacial score (nSPS) is 12.6. The average molecular weight is 308 g/mol. The van der Waals surface area contributed by atoms with E-state index < -0.39 is 0 Å². The van der Waals surface area contributed by atoms with Gasteiger partial charge in [-0.3, -0.25) is 0 Å². The first-order valence-corrected chi connectivity index (χ1v) is 7.09. The third-order valence-corrected chi connectivity index (χ3v) is 3.41. The molecule has 0 aliphatic carbocycles. The number of rotatable bonds is 5. The highest BCUT2D eigenvalue weighted by Gasteiger charge is 2.10. The number of furan rings is 1. The van der Waals surface area contributed by atoms with Crippen LogP contribution in [0.2, 0.25) is 0 Å². The predicted molar refractivity (Wildman–Crippen MR) is 78.6 cm³/mol. The molecule has 0 spiro atoms. The van der Waals surface area contributed by atoms with Gasteiger partial charge < -0.3 is 9.73 Å². The summed E-state index contributed by atoms with van der Waals surface area (Å²) in [6.07, 6.45) is 1.13. The fourth-order valence-corrected chi connectivity index (χ4v) is 2.08. The fraction of sp³-hybridized carbons (Fsp3) is 0.333. The molecule has 1 unspecified atom stereocenters. The molecule has 1 N–H and O–H groups in total. The molecule has 1 atom stereocenters. The van der Waals surface area contributed by atoms with Gasteiger partial charge in [0.2, 0.25) is 0 Å². The zero-order valence-electron chi connectivity index (χ0n) is 10.7. The summed E-state index contributed by atoms with van der Waals surface area (Å²) in [6, 6.07) is 12.5. The minimum atomic E-state index is 0.258. The average Bonchev–Trinajstić information content (AvgIpc) is 2.86. The number of hydrogen-bond donors (Lipinski definition) is 1. The molecule has 3 heteroatoms. The van der Waals surface area contributed by atoms with Gasteiger partial charge in [0, 0.05) is 10.0 Å². The van der Waals surface area contributed by atoms with E-state index in [1.165, 1.54) is 0 Å². The van der Waals surface area contributed by atoms with Crippen molar-refractivity contribution in [3.8, 4) is 11.3 Å². The second-order valence-electron chi connectivity index (χ2n) is 4.38. The highest BCUT2D eigenvalue weighted by molar-refractivity contribution is 9.10. The Morgan fingerprint density at radius 2 is 1.89 bits per heavy atom. The first-order chi connectivity index (χ1) is 8.70. The summed E-state index contributed by atoms with van der Waals surface area (Å²) in [4.78, 5) is 0. The molecule has 18 heavy (non-hydrogen) atoms. The number of halogens is 1. The standard InChI is InChI=1S/C15H18BrNO/c1-3-10-17-11(2)14-8-9-15(18-14)12-4-6-13(16)7-5-12/h4-9,11,17H,3,10H2,1-2H3. The first-order valence-electron chi connectivity index (χ1n) is 6.29. The Kier molecular flexibility index (Phi) is 4.61. The van der Waals surface area contributed by atoms with Gasteiger partial charge in [-0.2, -0.15) is 0 Å². The second kappa shape index (κ2) is 6.21. The van der Waals surface area contributed by atoms with Gasteiger partial charge in [-0.25, -0.2) is 0 Å². The van der Waals surface area contributed by atoms with Gasteiger partial charge in [0.1, 0.15) is 11.5 Å². The third kappa shape index (κ3) is 3.24. The highest BCUT2D eigenvalue weighted by atomic mass is 79.9. The van der Waals surface area contributed by atoms with Crippen molar-refractivity contribution in [2.75, 3.05) is 6.54 Å². The molecule has 1 heterocycles. The SMILES string of the molecule is CCCNC(C)c1ccc(-c2ccc(Br)cc2)o1. The number of benzene rings is 1. The molecule has 96 valence electrons. The lowest BCUT2D eigenvalue weighted by Gasteiger charge is -2.09. The molecule has 0 radical (unpaired) electrons. The van der Waals surface area contributed by atoms with Crippen molar-refractivity contribution >= 4 is 15.9 Å². The van der Waals surface area contributed by atoms with E-state index in [1.807, 2.05) is 24.3 Å². The number of nitrogens with one attached hydrogen (secondary N) is 1. The van der Waals surface area contributed by atoms with Crippen LogP contribution in [0.25, 0.3) is 11.3 Å². The predicted octanol–water partition coefficient (Wildman–Crippen LogP) is 4.77. The maximum absolute atomic E-state index is 5.89. The molecule has 0 saturated carbocycles. The first kappa shape index (κ1) is 13.4. The van der Waals surface area contributed by atoms with Crippen LogP contribution in [-0.4, -0.2) is 6.54 Å². The summed E-state index contributed by atoms with van der Waals surface area (Å²) < 4.78 is 6.97. The molecule has 0 aliphatic rings.